The highest BCUT2D eigenvalue weighted by Gasteiger charge is 2.14. The third-order valence-electron chi connectivity index (χ3n) is 2.51. The molecule has 0 aliphatic carbocycles. The van der Waals surface area contributed by atoms with Crippen molar-refractivity contribution in [3.63, 3.8) is 0 Å². The van der Waals surface area contributed by atoms with E-state index in [0.29, 0.717) is 5.46 Å². The quantitative estimate of drug-likeness (QED) is 0.498. The summed E-state index contributed by atoms with van der Waals surface area (Å²) in [6.45, 7) is 3.81. The molecule has 1 saturated heterocycles. The number of anilines is 1. The molecular weight excluding hydrogens is 193 g/mol. The predicted molar refractivity (Wildman–Crippen MR) is 59.1 cm³/mol. The van der Waals surface area contributed by atoms with Crippen molar-refractivity contribution in [2.45, 2.75) is 0 Å². The highest BCUT2D eigenvalue weighted by molar-refractivity contribution is 6.58. The average molecular weight is 207 g/mol. The molecule has 1 aliphatic rings. The lowest BCUT2D eigenvalue weighted by molar-refractivity contribution is 0.425. The van der Waals surface area contributed by atoms with Crippen molar-refractivity contribution in [2.75, 3.05) is 31.1 Å². The van der Waals surface area contributed by atoms with Crippen LogP contribution in [0.2, 0.25) is 0 Å². The minimum Gasteiger partial charge on any atom is -0.423 e. The predicted octanol–water partition coefficient (Wildman–Crippen LogP) is -1.83. The Hall–Kier alpha value is -1.11. The molecule has 0 saturated carbocycles. The fourth-order valence-corrected chi connectivity index (χ4v) is 1.63. The van der Waals surface area contributed by atoms with Crippen molar-refractivity contribution in [1.29, 1.82) is 0 Å². The molecule has 6 heteroatoms. The van der Waals surface area contributed by atoms with Crippen LogP contribution in [0, 0.1) is 0 Å². The SMILES string of the molecule is OB(O)c1ccc(N2CCNCC2)nc1. The standard InChI is InChI=1S/C9H14BN3O2/c14-10(15)8-1-2-9(12-7-8)13-5-3-11-4-6-13/h1-2,7,11,14-15H,3-6H2. The van der Waals surface area contributed by atoms with Crippen LogP contribution in [0.5, 0.6) is 0 Å². The monoisotopic (exact) mass is 207 g/mol. The normalized spacial score (nSPS) is 16.5. The van der Waals surface area contributed by atoms with Crippen molar-refractivity contribution >= 4 is 18.4 Å². The molecule has 3 N–H and O–H groups in total. The van der Waals surface area contributed by atoms with Gasteiger partial charge in [-0.3, -0.25) is 0 Å². The number of hydrogen-bond donors (Lipinski definition) is 3. The van der Waals surface area contributed by atoms with Gasteiger partial charge in [-0.15, -0.1) is 0 Å². The number of piperazine rings is 1. The van der Waals surface area contributed by atoms with E-state index < -0.39 is 7.12 Å². The van der Waals surface area contributed by atoms with Crippen LogP contribution in [0.4, 0.5) is 5.82 Å². The molecule has 2 rings (SSSR count). The van der Waals surface area contributed by atoms with E-state index in [-0.39, 0.29) is 0 Å². The highest BCUT2D eigenvalue weighted by Crippen LogP contribution is 2.08. The molecule has 1 aromatic rings. The molecule has 0 aromatic carbocycles. The average Bonchev–Trinajstić information content (AvgIpc) is 2.30. The van der Waals surface area contributed by atoms with Gasteiger partial charge in [-0.05, 0) is 6.07 Å². The van der Waals surface area contributed by atoms with Crippen LogP contribution in [0.15, 0.2) is 18.3 Å². The summed E-state index contributed by atoms with van der Waals surface area (Å²) in [5, 5.41) is 21.1. The molecule has 1 fully saturated rings. The van der Waals surface area contributed by atoms with E-state index >= 15 is 0 Å². The summed E-state index contributed by atoms with van der Waals surface area (Å²) < 4.78 is 0. The van der Waals surface area contributed by atoms with Crippen LogP contribution in [-0.4, -0.2) is 48.3 Å². The number of rotatable bonds is 2. The van der Waals surface area contributed by atoms with Gasteiger partial charge in [0, 0.05) is 37.8 Å². The summed E-state index contributed by atoms with van der Waals surface area (Å²) in [4.78, 5) is 6.37. The van der Waals surface area contributed by atoms with E-state index in [4.69, 9.17) is 10.0 Å². The molecule has 0 amide bonds. The zero-order valence-corrected chi connectivity index (χ0v) is 8.43. The Morgan fingerprint density at radius 1 is 1.27 bits per heavy atom. The number of pyridine rings is 1. The Morgan fingerprint density at radius 3 is 2.53 bits per heavy atom. The van der Waals surface area contributed by atoms with Crippen LogP contribution in [0.1, 0.15) is 0 Å². The van der Waals surface area contributed by atoms with Gasteiger partial charge >= 0.3 is 7.12 Å². The summed E-state index contributed by atoms with van der Waals surface area (Å²) in [6, 6.07) is 3.51. The minimum absolute atomic E-state index is 0.425. The van der Waals surface area contributed by atoms with Gasteiger partial charge < -0.3 is 20.3 Å². The van der Waals surface area contributed by atoms with Crippen molar-refractivity contribution in [2.24, 2.45) is 0 Å². The topological polar surface area (TPSA) is 68.6 Å². The molecule has 0 bridgehead atoms. The first-order valence-corrected chi connectivity index (χ1v) is 5.05. The summed E-state index contributed by atoms with van der Waals surface area (Å²) in [5.74, 6) is 0.890. The van der Waals surface area contributed by atoms with Gasteiger partial charge in [0.15, 0.2) is 0 Å². The Morgan fingerprint density at radius 2 is 2.00 bits per heavy atom. The highest BCUT2D eigenvalue weighted by atomic mass is 16.4. The van der Waals surface area contributed by atoms with Gasteiger partial charge in [0.2, 0.25) is 0 Å². The number of hydrogen-bond acceptors (Lipinski definition) is 5. The van der Waals surface area contributed by atoms with E-state index in [0.717, 1.165) is 32.0 Å². The third-order valence-corrected chi connectivity index (χ3v) is 2.51. The maximum atomic E-state index is 8.92. The molecule has 1 aromatic heterocycles. The van der Waals surface area contributed by atoms with Gasteiger partial charge in [0.25, 0.3) is 0 Å². The summed E-state index contributed by atoms with van der Waals surface area (Å²) in [5.41, 5.74) is 0.425. The van der Waals surface area contributed by atoms with E-state index in [2.05, 4.69) is 15.2 Å². The van der Waals surface area contributed by atoms with Crippen LogP contribution >= 0.6 is 0 Å². The Balaban J connectivity index is 2.08. The molecule has 1 aliphatic heterocycles. The van der Waals surface area contributed by atoms with Crippen LogP contribution < -0.4 is 15.7 Å². The fourth-order valence-electron chi connectivity index (χ4n) is 1.63. The second kappa shape index (κ2) is 4.61. The van der Waals surface area contributed by atoms with Gasteiger partial charge in [0.1, 0.15) is 5.82 Å². The fraction of sp³-hybridized carbons (Fsp3) is 0.444. The molecule has 2 heterocycles. The third kappa shape index (κ3) is 2.47. The second-order valence-electron chi connectivity index (χ2n) is 3.56. The Labute approximate surface area is 88.9 Å². The minimum atomic E-state index is -1.44. The first-order valence-electron chi connectivity index (χ1n) is 5.05. The maximum Gasteiger partial charge on any atom is 0.490 e. The lowest BCUT2D eigenvalue weighted by Gasteiger charge is -2.28. The number of nitrogens with one attached hydrogen (secondary N) is 1. The second-order valence-corrected chi connectivity index (χ2v) is 3.56. The molecule has 0 atom stereocenters. The summed E-state index contributed by atoms with van der Waals surface area (Å²) >= 11 is 0. The smallest absolute Gasteiger partial charge is 0.423 e. The van der Waals surface area contributed by atoms with Crippen LogP contribution in [-0.2, 0) is 0 Å². The lowest BCUT2D eigenvalue weighted by atomic mass is 9.82. The Kier molecular flexibility index (Phi) is 3.20. The van der Waals surface area contributed by atoms with Crippen molar-refractivity contribution in [3.05, 3.63) is 18.3 Å². The lowest BCUT2D eigenvalue weighted by Crippen LogP contribution is -2.44. The first kappa shape index (κ1) is 10.4. The van der Waals surface area contributed by atoms with E-state index in [9.17, 15) is 0 Å². The zero-order chi connectivity index (χ0) is 10.7. The molecule has 0 spiro atoms. The largest absolute Gasteiger partial charge is 0.490 e. The van der Waals surface area contributed by atoms with Crippen molar-refractivity contribution in [1.82, 2.24) is 10.3 Å². The zero-order valence-electron chi connectivity index (χ0n) is 8.43. The van der Waals surface area contributed by atoms with Crippen LogP contribution in [0.25, 0.3) is 0 Å². The van der Waals surface area contributed by atoms with Gasteiger partial charge in [-0.2, -0.15) is 0 Å². The molecule has 80 valence electrons. The molecule has 0 radical (unpaired) electrons. The molecule has 5 nitrogen and oxygen atoms in total. The van der Waals surface area contributed by atoms with Crippen molar-refractivity contribution in [3.8, 4) is 0 Å². The summed E-state index contributed by atoms with van der Waals surface area (Å²) in [6.07, 6.45) is 1.50. The van der Waals surface area contributed by atoms with Gasteiger partial charge in [0.05, 0.1) is 0 Å². The van der Waals surface area contributed by atoms with E-state index in [1.807, 2.05) is 6.07 Å². The number of aromatic nitrogens is 1. The Bertz CT molecular complexity index is 312. The molecular formula is C9H14BN3O2. The number of nitrogens with zero attached hydrogens (tertiary/aromatic N) is 2. The molecule has 0 unspecified atom stereocenters. The van der Waals surface area contributed by atoms with Gasteiger partial charge in [-0.1, -0.05) is 6.07 Å². The van der Waals surface area contributed by atoms with Crippen molar-refractivity contribution < 1.29 is 10.0 Å². The van der Waals surface area contributed by atoms with Gasteiger partial charge in [-0.25, -0.2) is 4.98 Å². The molecule has 15 heavy (non-hydrogen) atoms. The summed E-state index contributed by atoms with van der Waals surface area (Å²) in [7, 11) is -1.44. The maximum absolute atomic E-state index is 8.92. The van der Waals surface area contributed by atoms with E-state index in [1.165, 1.54) is 6.20 Å². The van der Waals surface area contributed by atoms with Crippen LogP contribution in [0.3, 0.4) is 0 Å². The van der Waals surface area contributed by atoms with E-state index in [1.54, 1.807) is 6.07 Å². The first-order chi connectivity index (χ1) is 7.27.